The van der Waals surface area contributed by atoms with Gasteiger partial charge in [0.15, 0.2) is 20.8 Å². The highest BCUT2D eigenvalue weighted by atomic mass is 35.5. The predicted molar refractivity (Wildman–Crippen MR) is 108 cm³/mol. The van der Waals surface area contributed by atoms with Crippen LogP contribution in [0.4, 0.5) is 9.18 Å². The van der Waals surface area contributed by atoms with E-state index in [0.717, 1.165) is 6.26 Å². The molecular formula is C18H24Cl2FNO6S. The predicted octanol–water partition coefficient (Wildman–Crippen LogP) is 3.59. The summed E-state index contributed by atoms with van der Waals surface area (Å²) in [7, 11) is -3.46. The summed E-state index contributed by atoms with van der Waals surface area (Å²) < 4.78 is 47.1. The molecule has 164 valence electrons. The molecule has 0 aliphatic rings. The molecule has 0 aliphatic carbocycles. The molecule has 2 atom stereocenters. The topological polar surface area (TPSA) is 98.8 Å². The lowest BCUT2D eigenvalue weighted by Crippen LogP contribution is -2.44. The molecule has 1 aromatic carbocycles. The van der Waals surface area contributed by atoms with E-state index >= 15 is 0 Å². The Kier molecular flexibility index (Phi) is 10.2. The lowest BCUT2D eigenvalue weighted by molar-refractivity contribution is -0.121. The van der Waals surface area contributed by atoms with Gasteiger partial charge in [0.05, 0.1) is 17.5 Å². The molecule has 29 heavy (non-hydrogen) atoms. The van der Waals surface area contributed by atoms with Gasteiger partial charge in [0.1, 0.15) is 6.67 Å². The van der Waals surface area contributed by atoms with Gasteiger partial charge in [-0.05, 0) is 30.0 Å². The molecule has 0 aliphatic heterocycles. The highest BCUT2D eigenvalue weighted by molar-refractivity contribution is 7.90. The number of carbonyl (C=O) groups excluding carboxylic acids is 2. The number of alkyl halides is 3. The summed E-state index contributed by atoms with van der Waals surface area (Å²) in [6.07, 6.45) is -0.708. The first-order valence-corrected chi connectivity index (χ1v) is 11.5. The second-order valence-corrected chi connectivity index (χ2v) is 9.84. The van der Waals surface area contributed by atoms with E-state index in [2.05, 4.69) is 5.32 Å². The Morgan fingerprint density at radius 3 is 2.21 bits per heavy atom. The van der Waals surface area contributed by atoms with Crippen molar-refractivity contribution in [2.24, 2.45) is 5.92 Å². The lowest BCUT2D eigenvalue weighted by Gasteiger charge is -2.26. The second kappa shape index (κ2) is 11.6. The third-order valence-electron chi connectivity index (χ3n) is 3.83. The van der Waals surface area contributed by atoms with E-state index in [1.54, 1.807) is 0 Å². The zero-order valence-corrected chi connectivity index (χ0v) is 18.6. The Hall–Kier alpha value is -1.58. The largest absolute Gasteiger partial charge is 0.508 e. The lowest BCUT2D eigenvalue weighted by atomic mass is 10.0. The number of sulfone groups is 1. The van der Waals surface area contributed by atoms with E-state index in [9.17, 15) is 22.4 Å². The molecule has 0 saturated carbocycles. The van der Waals surface area contributed by atoms with Crippen LogP contribution in [0.1, 0.15) is 31.9 Å². The number of carbonyl (C=O) groups is 2. The normalized spacial score (nSPS) is 13.8. The van der Waals surface area contributed by atoms with Crippen molar-refractivity contribution in [3.63, 3.8) is 0 Å². The van der Waals surface area contributed by atoms with Crippen LogP contribution in [0.15, 0.2) is 29.2 Å². The van der Waals surface area contributed by atoms with Gasteiger partial charge in [0.2, 0.25) is 0 Å². The van der Waals surface area contributed by atoms with Crippen molar-refractivity contribution in [3.05, 3.63) is 29.8 Å². The van der Waals surface area contributed by atoms with Crippen molar-refractivity contribution < 1.29 is 31.9 Å². The van der Waals surface area contributed by atoms with Crippen LogP contribution in [0.25, 0.3) is 0 Å². The first-order chi connectivity index (χ1) is 13.5. The zero-order chi connectivity index (χ0) is 22.2. The van der Waals surface area contributed by atoms with Gasteiger partial charge in [-0.25, -0.2) is 17.6 Å². The fourth-order valence-corrected chi connectivity index (χ4v) is 3.00. The molecule has 0 radical (unpaired) electrons. The van der Waals surface area contributed by atoms with E-state index in [1.807, 2.05) is 13.8 Å². The number of halogens is 3. The molecule has 11 heteroatoms. The Bertz CT molecular complexity index is 786. The summed E-state index contributed by atoms with van der Waals surface area (Å²) in [5.41, 5.74) is 0.252. The zero-order valence-electron chi connectivity index (χ0n) is 16.2. The standard InChI is InChI=1S/C18H24Cl2FNO6S/c1-11(2)8-9-27-18(24)28-15(14(10-21)22-17(23)16(19)20)12-4-6-13(7-5-12)29(3,25)26/h4-7,11,14-16H,8-10H2,1-3H3,(H,22,23)/t14-,15+/m0/s1. The summed E-state index contributed by atoms with van der Waals surface area (Å²) in [6.45, 7) is 2.90. The van der Waals surface area contributed by atoms with E-state index in [0.29, 0.717) is 12.3 Å². The minimum absolute atomic E-state index is 0.0296. The van der Waals surface area contributed by atoms with Gasteiger partial charge < -0.3 is 14.8 Å². The Morgan fingerprint density at radius 2 is 1.76 bits per heavy atom. The SMILES string of the molecule is CC(C)CCOC(=O)O[C@H](c1ccc(S(C)(=O)=O)cc1)[C@H](CF)NC(=O)C(Cl)Cl. The van der Waals surface area contributed by atoms with Crippen LogP contribution >= 0.6 is 23.2 Å². The summed E-state index contributed by atoms with van der Waals surface area (Å²) in [5, 5.41) is 2.26. The van der Waals surface area contributed by atoms with Gasteiger partial charge in [-0.3, -0.25) is 4.79 Å². The van der Waals surface area contributed by atoms with Gasteiger partial charge in [0, 0.05) is 6.26 Å². The van der Waals surface area contributed by atoms with Crippen LogP contribution in [-0.2, 0) is 24.1 Å². The van der Waals surface area contributed by atoms with Crippen molar-refractivity contribution in [1.82, 2.24) is 5.32 Å². The highest BCUT2D eigenvalue weighted by Crippen LogP contribution is 2.25. The third kappa shape index (κ3) is 8.76. The minimum atomic E-state index is -3.46. The van der Waals surface area contributed by atoms with Gasteiger partial charge in [0.25, 0.3) is 5.91 Å². The fourth-order valence-electron chi connectivity index (χ4n) is 2.24. The van der Waals surface area contributed by atoms with Gasteiger partial charge in [-0.2, -0.15) is 0 Å². The Labute approximate surface area is 179 Å². The molecule has 0 fully saturated rings. The average molecular weight is 472 g/mol. The number of ether oxygens (including phenoxy) is 2. The molecule has 0 unspecified atom stereocenters. The number of nitrogens with one attached hydrogen (secondary N) is 1. The first-order valence-electron chi connectivity index (χ1n) is 8.73. The van der Waals surface area contributed by atoms with E-state index < -0.39 is 45.6 Å². The van der Waals surface area contributed by atoms with Crippen LogP contribution in [0.5, 0.6) is 0 Å². The van der Waals surface area contributed by atoms with Crippen molar-refractivity contribution in [2.45, 2.75) is 42.1 Å². The molecule has 0 saturated heterocycles. The molecule has 0 aromatic heterocycles. The quantitative estimate of drug-likeness (QED) is 0.413. The monoisotopic (exact) mass is 471 g/mol. The summed E-state index contributed by atoms with van der Waals surface area (Å²) in [4.78, 5) is 22.4. The molecule has 1 amide bonds. The van der Waals surface area contributed by atoms with Crippen molar-refractivity contribution >= 4 is 45.1 Å². The van der Waals surface area contributed by atoms with E-state index in [1.165, 1.54) is 24.3 Å². The number of rotatable bonds is 10. The van der Waals surface area contributed by atoms with E-state index in [-0.39, 0.29) is 17.1 Å². The number of hydrogen-bond donors (Lipinski definition) is 1. The van der Waals surface area contributed by atoms with Crippen molar-refractivity contribution in [1.29, 1.82) is 0 Å². The molecule has 0 bridgehead atoms. The smallest absolute Gasteiger partial charge is 0.434 e. The Balaban J connectivity index is 3.09. The van der Waals surface area contributed by atoms with Gasteiger partial charge >= 0.3 is 6.16 Å². The molecule has 1 N–H and O–H groups in total. The maximum atomic E-state index is 13.7. The van der Waals surface area contributed by atoms with Crippen LogP contribution in [0.3, 0.4) is 0 Å². The van der Waals surface area contributed by atoms with Crippen LogP contribution in [0.2, 0.25) is 0 Å². The fraction of sp³-hybridized carbons (Fsp3) is 0.556. The van der Waals surface area contributed by atoms with Crippen LogP contribution < -0.4 is 5.32 Å². The third-order valence-corrected chi connectivity index (χ3v) is 5.36. The molecule has 1 aromatic rings. The number of hydrogen-bond acceptors (Lipinski definition) is 6. The minimum Gasteiger partial charge on any atom is -0.434 e. The van der Waals surface area contributed by atoms with Crippen LogP contribution in [0, 0.1) is 5.92 Å². The molecular weight excluding hydrogens is 448 g/mol. The van der Waals surface area contributed by atoms with E-state index in [4.69, 9.17) is 32.7 Å². The number of amides is 1. The van der Waals surface area contributed by atoms with Gasteiger partial charge in [-0.1, -0.05) is 49.2 Å². The number of benzene rings is 1. The molecule has 1 rings (SSSR count). The van der Waals surface area contributed by atoms with Crippen molar-refractivity contribution in [2.75, 3.05) is 19.5 Å². The van der Waals surface area contributed by atoms with Crippen molar-refractivity contribution in [3.8, 4) is 0 Å². The van der Waals surface area contributed by atoms with Gasteiger partial charge in [-0.15, -0.1) is 0 Å². The summed E-state index contributed by atoms with van der Waals surface area (Å²) >= 11 is 11.0. The summed E-state index contributed by atoms with van der Waals surface area (Å²) in [5.74, 6) is -0.574. The summed E-state index contributed by atoms with van der Waals surface area (Å²) in [6, 6.07) is 3.97. The molecule has 7 nitrogen and oxygen atoms in total. The Morgan fingerprint density at radius 1 is 1.17 bits per heavy atom. The maximum Gasteiger partial charge on any atom is 0.508 e. The molecule has 0 spiro atoms. The highest BCUT2D eigenvalue weighted by Gasteiger charge is 2.31. The second-order valence-electron chi connectivity index (χ2n) is 6.73. The molecule has 0 heterocycles. The first kappa shape index (κ1) is 25.5. The van der Waals surface area contributed by atoms with Crippen LogP contribution in [-0.4, -0.2) is 50.9 Å². The average Bonchev–Trinajstić information content (AvgIpc) is 2.63. The maximum absolute atomic E-state index is 13.7.